The fourth-order valence-corrected chi connectivity index (χ4v) is 1.06. The smallest absolute Gasteiger partial charge is 0.303 e. The van der Waals surface area contributed by atoms with Crippen LogP contribution in [0.5, 0.6) is 0 Å². The summed E-state index contributed by atoms with van der Waals surface area (Å²) in [4.78, 5) is 22.4. The third-order valence-corrected chi connectivity index (χ3v) is 1.85. The average molecular weight is 220 g/mol. The zero-order chi connectivity index (χ0) is 11.7. The summed E-state index contributed by atoms with van der Waals surface area (Å²) >= 11 is 0. The van der Waals surface area contributed by atoms with Gasteiger partial charge < -0.3 is 4.57 Å². The first kappa shape index (κ1) is 11.3. The monoisotopic (exact) mass is 220 g/mol. The van der Waals surface area contributed by atoms with E-state index in [1.165, 1.54) is 7.05 Å². The molecular weight excluding hydrogens is 213 g/mol. The van der Waals surface area contributed by atoms with Crippen LogP contribution in [0, 0.1) is 0 Å². The second-order valence-corrected chi connectivity index (χ2v) is 2.87. The predicted octanol–water partition coefficient (Wildman–Crippen LogP) is 0.619. The molecule has 1 aromatic rings. The molecule has 0 saturated heterocycles. The minimum absolute atomic E-state index is 0.553. The van der Waals surface area contributed by atoms with Gasteiger partial charge >= 0.3 is 11.8 Å². The summed E-state index contributed by atoms with van der Waals surface area (Å²) in [6.45, 7) is 0. The van der Waals surface area contributed by atoms with Crippen molar-refractivity contribution in [2.45, 2.75) is 0 Å². The minimum atomic E-state index is -2.59. The first-order valence-corrected chi connectivity index (χ1v) is 3.84. The molecular formula is C8H7F3N2O2. The molecule has 1 rings (SSSR count). The molecule has 0 atom stereocenters. The van der Waals surface area contributed by atoms with Crippen LogP contribution in [-0.2, 0) is 14.1 Å². The van der Waals surface area contributed by atoms with Crippen LogP contribution in [-0.4, -0.2) is 9.13 Å². The maximum Gasteiger partial charge on any atom is 0.330 e. The average Bonchev–Trinajstić information content (AvgIpc) is 2.19. The molecule has 1 heterocycles. The van der Waals surface area contributed by atoms with Gasteiger partial charge in [-0.15, -0.1) is 0 Å². The Morgan fingerprint density at radius 3 is 2.20 bits per heavy atom. The summed E-state index contributed by atoms with van der Waals surface area (Å²) in [6, 6.07) is 0. The number of hydrogen-bond acceptors (Lipinski definition) is 2. The Bertz CT molecular complexity index is 538. The normalized spacial score (nSPS) is 10.2. The van der Waals surface area contributed by atoms with Gasteiger partial charge in [-0.05, 0) is 0 Å². The van der Waals surface area contributed by atoms with E-state index < -0.39 is 28.7 Å². The van der Waals surface area contributed by atoms with Crippen molar-refractivity contribution in [1.82, 2.24) is 9.13 Å². The van der Waals surface area contributed by atoms with Crippen molar-refractivity contribution in [3.8, 4) is 0 Å². The van der Waals surface area contributed by atoms with Gasteiger partial charge in [-0.2, -0.15) is 8.78 Å². The lowest BCUT2D eigenvalue weighted by atomic mass is 10.3. The Kier molecular flexibility index (Phi) is 2.83. The summed E-state index contributed by atoms with van der Waals surface area (Å²) in [7, 11) is 2.31. The molecule has 0 fully saturated rings. The summed E-state index contributed by atoms with van der Waals surface area (Å²) in [5, 5.41) is 0. The summed E-state index contributed by atoms with van der Waals surface area (Å²) < 4.78 is 38.1. The van der Waals surface area contributed by atoms with E-state index in [4.69, 9.17) is 0 Å². The highest BCUT2D eigenvalue weighted by molar-refractivity contribution is 5.57. The zero-order valence-electron chi connectivity index (χ0n) is 7.92. The zero-order valence-corrected chi connectivity index (χ0v) is 7.92. The molecule has 0 aliphatic heterocycles. The topological polar surface area (TPSA) is 44.0 Å². The van der Waals surface area contributed by atoms with Crippen LogP contribution in [0.2, 0.25) is 0 Å². The SMILES string of the molecule is Cn1cc(C(F)=C(F)F)c(=O)n(C)c1=O. The Morgan fingerprint density at radius 1 is 1.20 bits per heavy atom. The minimum Gasteiger partial charge on any atom is -0.303 e. The molecule has 0 aromatic carbocycles. The van der Waals surface area contributed by atoms with E-state index in [2.05, 4.69) is 0 Å². The van der Waals surface area contributed by atoms with Gasteiger partial charge in [-0.25, -0.2) is 9.18 Å². The number of rotatable bonds is 1. The first-order chi connectivity index (χ1) is 6.86. The van der Waals surface area contributed by atoms with Crippen molar-refractivity contribution in [3.05, 3.63) is 38.7 Å². The number of hydrogen-bond donors (Lipinski definition) is 0. The van der Waals surface area contributed by atoms with Crippen LogP contribution in [0.25, 0.3) is 5.83 Å². The Balaban J connectivity index is 3.69. The maximum absolute atomic E-state index is 12.8. The highest BCUT2D eigenvalue weighted by Gasteiger charge is 2.15. The highest BCUT2D eigenvalue weighted by atomic mass is 19.3. The van der Waals surface area contributed by atoms with Gasteiger partial charge in [0.1, 0.15) is 0 Å². The number of nitrogens with zero attached hydrogens (tertiary/aromatic N) is 2. The van der Waals surface area contributed by atoms with Gasteiger partial charge in [-0.3, -0.25) is 9.36 Å². The Hall–Kier alpha value is -1.79. The van der Waals surface area contributed by atoms with E-state index in [1.807, 2.05) is 0 Å². The van der Waals surface area contributed by atoms with Gasteiger partial charge in [0.15, 0.2) is 0 Å². The van der Waals surface area contributed by atoms with Crippen LogP contribution in [0.4, 0.5) is 13.2 Å². The molecule has 0 aliphatic carbocycles. The second-order valence-electron chi connectivity index (χ2n) is 2.87. The number of aromatic nitrogens is 2. The third-order valence-electron chi connectivity index (χ3n) is 1.85. The molecule has 0 saturated carbocycles. The quantitative estimate of drug-likeness (QED) is 0.696. The van der Waals surface area contributed by atoms with E-state index in [0.29, 0.717) is 4.57 Å². The summed E-state index contributed by atoms with van der Waals surface area (Å²) in [5.41, 5.74) is -2.64. The van der Waals surface area contributed by atoms with E-state index in [-0.39, 0.29) is 0 Å². The van der Waals surface area contributed by atoms with Gasteiger partial charge in [-0.1, -0.05) is 0 Å². The van der Waals surface area contributed by atoms with Crippen molar-refractivity contribution in [1.29, 1.82) is 0 Å². The molecule has 0 spiro atoms. The fraction of sp³-hybridized carbons (Fsp3) is 0.250. The maximum atomic E-state index is 12.8. The van der Waals surface area contributed by atoms with Crippen molar-refractivity contribution < 1.29 is 13.2 Å². The highest BCUT2D eigenvalue weighted by Crippen LogP contribution is 2.17. The van der Waals surface area contributed by atoms with Gasteiger partial charge in [0, 0.05) is 20.3 Å². The molecule has 0 aliphatic rings. The van der Waals surface area contributed by atoms with Crippen LogP contribution < -0.4 is 11.2 Å². The van der Waals surface area contributed by atoms with E-state index in [0.717, 1.165) is 17.8 Å². The van der Waals surface area contributed by atoms with Gasteiger partial charge in [0.25, 0.3) is 5.56 Å². The standard InChI is InChI=1S/C8H7F3N2O2/c1-12-3-4(5(9)6(10)11)7(14)13(2)8(12)15/h3H,1-2H3. The van der Waals surface area contributed by atoms with Crippen LogP contribution in [0.1, 0.15) is 5.56 Å². The Labute approximate surface area is 81.9 Å². The lowest BCUT2D eigenvalue weighted by Gasteiger charge is -2.03. The molecule has 0 radical (unpaired) electrons. The summed E-state index contributed by atoms with van der Waals surface area (Å²) in [6.07, 6.45) is -1.86. The first-order valence-electron chi connectivity index (χ1n) is 3.84. The van der Waals surface area contributed by atoms with E-state index in [9.17, 15) is 22.8 Å². The predicted molar refractivity (Wildman–Crippen MR) is 47.2 cm³/mol. The van der Waals surface area contributed by atoms with Crippen molar-refractivity contribution in [2.24, 2.45) is 14.1 Å². The molecule has 0 amide bonds. The largest absolute Gasteiger partial charge is 0.330 e. The number of halogens is 3. The van der Waals surface area contributed by atoms with Crippen molar-refractivity contribution in [3.63, 3.8) is 0 Å². The Morgan fingerprint density at radius 2 is 1.73 bits per heavy atom. The van der Waals surface area contributed by atoms with Gasteiger partial charge in [0.05, 0.1) is 5.56 Å². The molecule has 15 heavy (non-hydrogen) atoms. The summed E-state index contributed by atoms with van der Waals surface area (Å²) in [5.74, 6) is -1.91. The molecule has 0 N–H and O–H groups in total. The molecule has 1 aromatic heterocycles. The van der Waals surface area contributed by atoms with Crippen LogP contribution in [0.3, 0.4) is 0 Å². The van der Waals surface area contributed by atoms with E-state index >= 15 is 0 Å². The molecule has 0 unspecified atom stereocenters. The van der Waals surface area contributed by atoms with Crippen LogP contribution in [0.15, 0.2) is 21.9 Å². The lowest BCUT2D eigenvalue weighted by molar-refractivity contribution is 0.409. The fourth-order valence-electron chi connectivity index (χ4n) is 1.06. The van der Waals surface area contributed by atoms with Crippen LogP contribution >= 0.6 is 0 Å². The van der Waals surface area contributed by atoms with E-state index in [1.54, 1.807) is 0 Å². The number of aryl methyl sites for hydroxylation is 1. The molecule has 7 heteroatoms. The van der Waals surface area contributed by atoms with Gasteiger partial charge in [0.2, 0.25) is 5.83 Å². The third kappa shape index (κ3) is 1.85. The molecule has 4 nitrogen and oxygen atoms in total. The van der Waals surface area contributed by atoms with Crippen molar-refractivity contribution >= 4 is 5.83 Å². The molecule has 0 bridgehead atoms. The van der Waals surface area contributed by atoms with Crippen molar-refractivity contribution in [2.75, 3.05) is 0 Å². The lowest BCUT2D eigenvalue weighted by Crippen LogP contribution is -2.38. The molecule has 82 valence electrons. The second kappa shape index (κ2) is 3.76.